The van der Waals surface area contributed by atoms with E-state index >= 15 is 4.39 Å². The van der Waals surface area contributed by atoms with Crippen LogP contribution < -0.4 is 4.74 Å². The van der Waals surface area contributed by atoms with Crippen molar-refractivity contribution >= 4 is 30.8 Å². The molecule has 2 aromatic carbocycles. The molecule has 11 heteroatoms. The second-order valence-electron chi connectivity index (χ2n) is 8.78. The van der Waals surface area contributed by atoms with E-state index in [-0.39, 0.29) is 29.9 Å². The lowest BCUT2D eigenvalue weighted by Gasteiger charge is -2.30. The lowest BCUT2D eigenvalue weighted by Crippen LogP contribution is -2.40. The highest BCUT2D eigenvalue weighted by atomic mass is 32.2. The van der Waals surface area contributed by atoms with Crippen LogP contribution >= 0.6 is 0 Å². The predicted octanol–water partition coefficient (Wildman–Crippen LogP) is 5.00. The van der Waals surface area contributed by atoms with Gasteiger partial charge in [0.25, 0.3) is 10.0 Å². The number of allylic oxidation sites excluding steroid dienone is 3. The summed E-state index contributed by atoms with van der Waals surface area (Å²) in [4.78, 5) is 0. The van der Waals surface area contributed by atoms with Crippen LogP contribution in [0.5, 0.6) is 11.5 Å². The minimum absolute atomic E-state index is 0.0987. The Labute approximate surface area is 207 Å². The molecule has 0 saturated heterocycles. The SMILES string of the molecule is CC1(S(=O)(=O)n2ccc3cc(Oc4ccc(F)c(C#N)c4)ccc32)CC=C(CCS(C)(=O)=O)C=C1F. The first-order valence-corrected chi connectivity index (χ1v) is 14.3. The summed E-state index contributed by atoms with van der Waals surface area (Å²) in [6.07, 6.45) is 5.02. The summed E-state index contributed by atoms with van der Waals surface area (Å²) >= 11 is 0. The molecule has 1 aliphatic rings. The van der Waals surface area contributed by atoms with E-state index in [1.54, 1.807) is 24.3 Å². The maximum Gasteiger partial charge on any atom is 0.251 e. The monoisotopic (exact) mass is 532 g/mol. The van der Waals surface area contributed by atoms with Gasteiger partial charge in [0, 0.05) is 23.9 Å². The first kappa shape index (κ1) is 25.6. The predicted molar refractivity (Wildman–Crippen MR) is 132 cm³/mol. The second-order valence-corrected chi connectivity index (χ2v) is 13.3. The van der Waals surface area contributed by atoms with E-state index in [9.17, 15) is 21.2 Å². The molecule has 0 bridgehead atoms. The van der Waals surface area contributed by atoms with Crippen LogP contribution in [0.2, 0.25) is 0 Å². The molecule has 1 unspecified atom stereocenters. The highest BCUT2D eigenvalue weighted by Gasteiger charge is 2.46. The number of hydrogen-bond donors (Lipinski definition) is 0. The number of fused-ring (bicyclic) bond motifs is 1. The first-order chi connectivity index (χ1) is 16.8. The molecule has 4 rings (SSSR count). The Morgan fingerprint density at radius 2 is 1.78 bits per heavy atom. The van der Waals surface area contributed by atoms with Gasteiger partial charge in [0.15, 0.2) is 0 Å². The standard InChI is InChI=1S/C25H22F2N2O5S2/c1-25(10-7-17(13-24(25)27)9-12-35(2,30)31)36(32,33)29-11-8-18-14-21(4-6-23(18)29)34-20-3-5-22(26)19(15-20)16-28/h3-8,11,13-15H,9-10,12H2,1-2H3. The van der Waals surface area contributed by atoms with E-state index in [4.69, 9.17) is 10.00 Å². The molecule has 36 heavy (non-hydrogen) atoms. The van der Waals surface area contributed by atoms with Gasteiger partial charge >= 0.3 is 0 Å². The summed E-state index contributed by atoms with van der Waals surface area (Å²) in [7, 11) is -7.50. The number of sulfone groups is 1. The second kappa shape index (κ2) is 9.19. The van der Waals surface area contributed by atoms with Crippen molar-refractivity contribution in [2.75, 3.05) is 12.0 Å². The van der Waals surface area contributed by atoms with E-state index < -0.39 is 36.3 Å². The summed E-state index contributed by atoms with van der Waals surface area (Å²) in [6, 6.07) is 11.6. The molecular weight excluding hydrogens is 510 g/mol. The van der Waals surface area contributed by atoms with E-state index in [0.717, 1.165) is 22.4 Å². The number of nitrogens with zero attached hydrogens (tertiary/aromatic N) is 2. The van der Waals surface area contributed by atoms with Gasteiger partial charge in [0.1, 0.15) is 43.8 Å². The molecule has 1 atom stereocenters. The lowest BCUT2D eigenvalue weighted by molar-refractivity contribution is 0.474. The zero-order valence-electron chi connectivity index (χ0n) is 19.4. The number of ether oxygens (including phenoxy) is 1. The summed E-state index contributed by atoms with van der Waals surface area (Å²) in [5.41, 5.74) is 0.570. The highest BCUT2D eigenvalue weighted by Crippen LogP contribution is 2.39. The molecule has 3 aromatic rings. The van der Waals surface area contributed by atoms with Crippen molar-refractivity contribution in [3.63, 3.8) is 0 Å². The van der Waals surface area contributed by atoms with Crippen LogP contribution in [-0.2, 0) is 19.9 Å². The molecule has 0 saturated carbocycles. The summed E-state index contributed by atoms with van der Waals surface area (Å²) < 4.78 is 83.5. The fourth-order valence-electron chi connectivity index (χ4n) is 3.88. The summed E-state index contributed by atoms with van der Waals surface area (Å²) in [5.74, 6) is -1.12. The van der Waals surface area contributed by atoms with Crippen molar-refractivity contribution < 1.29 is 30.4 Å². The van der Waals surface area contributed by atoms with Gasteiger partial charge in [-0.25, -0.2) is 29.6 Å². The van der Waals surface area contributed by atoms with Crippen LogP contribution in [0, 0.1) is 17.1 Å². The van der Waals surface area contributed by atoms with Crippen LogP contribution in [-0.4, -0.2) is 37.6 Å². The molecule has 0 spiro atoms. The van der Waals surface area contributed by atoms with Crippen LogP contribution in [0.15, 0.2) is 72.2 Å². The maximum atomic E-state index is 15.2. The van der Waals surface area contributed by atoms with Crippen molar-refractivity contribution in [3.8, 4) is 17.6 Å². The largest absolute Gasteiger partial charge is 0.457 e. The van der Waals surface area contributed by atoms with E-state index in [0.29, 0.717) is 22.2 Å². The zero-order chi connectivity index (χ0) is 26.3. The summed E-state index contributed by atoms with van der Waals surface area (Å²) in [5, 5.41) is 9.49. The minimum atomic E-state index is -4.25. The number of benzene rings is 2. The Morgan fingerprint density at radius 1 is 1.08 bits per heavy atom. The third-order valence-electron chi connectivity index (χ3n) is 6.08. The molecule has 7 nitrogen and oxygen atoms in total. The van der Waals surface area contributed by atoms with Gasteiger partial charge in [-0.1, -0.05) is 6.08 Å². The Balaban J connectivity index is 1.62. The van der Waals surface area contributed by atoms with Gasteiger partial charge in [-0.05, 0) is 67.8 Å². The van der Waals surface area contributed by atoms with Gasteiger partial charge in [-0.15, -0.1) is 0 Å². The molecule has 0 N–H and O–H groups in total. The molecule has 0 fully saturated rings. The van der Waals surface area contributed by atoms with Gasteiger partial charge < -0.3 is 4.74 Å². The fourth-order valence-corrected chi connectivity index (χ4v) is 6.16. The van der Waals surface area contributed by atoms with E-state index in [1.165, 1.54) is 37.4 Å². The zero-order valence-corrected chi connectivity index (χ0v) is 21.0. The van der Waals surface area contributed by atoms with Crippen molar-refractivity contribution in [1.29, 1.82) is 5.26 Å². The van der Waals surface area contributed by atoms with Gasteiger partial charge in [-0.2, -0.15) is 5.26 Å². The number of hydrogen-bond acceptors (Lipinski definition) is 6. The van der Waals surface area contributed by atoms with Crippen LogP contribution in [0.3, 0.4) is 0 Å². The van der Waals surface area contributed by atoms with Crippen molar-refractivity contribution in [2.24, 2.45) is 0 Å². The number of rotatable bonds is 7. The number of aromatic nitrogens is 1. The minimum Gasteiger partial charge on any atom is -0.457 e. The molecule has 188 valence electrons. The third-order valence-corrected chi connectivity index (χ3v) is 9.36. The molecule has 0 amide bonds. The normalized spacial score (nSPS) is 18.4. The topological polar surface area (TPSA) is 106 Å². The fraction of sp³-hybridized carbons (Fsp3) is 0.240. The molecule has 0 radical (unpaired) electrons. The van der Waals surface area contributed by atoms with Crippen LogP contribution in [0.25, 0.3) is 10.9 Å². The number of halogens is 2. The molecule has 1 heterocycles. The molecule has 1 aliphatic carbocycles. The lowest BCUT2D eigenvalue weighted by atomic mass is 9.95. The van der Waals surface area contributed by atoms with Gasteiger partial charge in [-0.3, -0.25) is 0 Å². The Hall–Kier alpha value is -3.49. The van der Waals surface area contributed by atoms with E-state index in [2.05, 4.69) is 0 Å². The van der Waals surface area contributed by atoms with Crippen molar-refractivity contribution in [3.05, 3.63) is 83.6 Å². The molecule has 0 aliphatic heterocycles. The van der Waals surface area contributed by atoms with Crippen molar-refractivity contribution in [2.45, 2.75) is 24.5 Å². The third kappa shape index (κ3) is 4.79. The Bertz CT molecular complexity index is 1680. The quantitative estimate of drug-likeness (QED) is 0.424. The Kier molecular flexibility index (Phi) is 6.53. The van der Waals surface area contributed by atoms with Crippen molar-refractivity contribution in [1.82, 2.24) is 3.97 Å². The van der Waals surface area contributed by atoms with Crippen LogP contribution in [0.1, 0.15) is 25.3 Å². The average molecular weight is 533 g/mol. The van der Waals surface area contributed by atoms with E-state index in [1.807, 2.05) is 0 Å². The van der Waals surface area contributed by atoms with Gasteiger partial charge in [0.05, 0.1) is 16.8 Å². The van der Waals surface area contributed by atoms with Gasteiger partial charge in [0.2, 0.25) is 0 Å². The average Bonchev–Trinajstić information content (AvgIpc) is 3.24. The summed E-state index contributed by atoms with van der Waals surface area (Å²) in [6.45, 7) is 1.29. The number of nitriles is 1. The molecular formula is C25H22F2N2O5S2. The highest BCUT2D eigenvalue weighted by molar-refractivity contribution is 7.91. The first-order valence-electron chi connectivity index (χ1n) is 10.8. The van der Waals surface area contributed by atoms with Crippen LogP contribution in [0.4, 0.5) is 8.78 Å². The smallest absolute Gasteiger partial charge is 0.251 e. The molecule has 1 aromatic heterocycles. The Morgan fingerprint density at radius 3 is 2.44 bits per heavy atom. The maximum absolute atomic E-state index is 15.2.